The highest BCUT2D eigenvalue weighted by Gasteiger charge is 2.30. The first-order chi connectivity index (χ1) is 8.83. The van der Waals surface area contributed by atoms with Gasteiger partial charge in [0.25, 0.3) is 0 Å². The lowest BCUT2D eigenvalue weighted by molar-refractivity contribution is -0.128. The maximum absolute atomic E-state index is 11.3. The van der Waals surface area contributed by atoms with Crippen LogP contribution in [0.15, 0.2) is 0 Å². The average Bonchev–Trinajstić information content (AvgIpc) is 2.41. The number of carbonyl (C=O) groups is 2. The molecule has 0 radical (unpaired) electrons. The van der Waals surface area contributed by atoms with Crippen LogP contribution in [0, 0.1) is 5.92 Å². The van der Waals surface area contributed by atoms with Gasteiger partial charge in [-0.2, -0.15) is 0 Å². The van der Waals surface area contributed by atoms with Crippen LogP contribution in [0.5, 0.6) is 0 Å². The molecular formula is C11H21NO7. The van der Waals surface area contributed by atoms with E-state index >= 15 is 0 Å². The zero-order chi connectivity index (χ0) is 15.0. The van der Waals surface area contributed by atoms with Crippen molar-refractivity contribution in [3.05, 3.63) is 0 Å². The second kappa shape index (κ2) is 8.94. The maximum Gasteiger partial charge on any atom is 0.220 e. The highest BCUT2D eigenvalue weighted by molar-refractivity contribution is 5.78. The normalized spacial score (nSPS) is 19.1. The Hall–Kier alpha value is -1.06. The average molecular weight is 279 g/mol. The summed E-state index contributed by atoms with van der Waals surface area (Å²) in [4.78, 5) is 21.6. The highest BCUT2D eigenvalue weighted by Crippen LogP contribution is 2.05. The molecule has 5 atom stereocenters. The molecule has 112 valence electrons. The van der Waals surface area contributed by atoms with Crippen LogP contribution in [0.2, 0.25) is 0 Å². The van der Waals surface area contributed by atoms with Crippen molar-refractivity contribution in [2.45, 2.75) is 37.8 Å². The number of hydrogen-bond acceptors (Lipinski definition) is 7. The van der Waals surface area contributed by atoms with Gasteiger partial charge >= 0.3 is 0 Å². The van der Waals surface area contributed by atoms with E-state index in [0.29, 0.717) is 6.29 Å². The molecule has 1 amide bonds. The summed E-state index contributed by atoms with van der Waals surface area (Å²) in [5.74, 6) is -0.938. The predicted octanol–water partition coefficient (Wildman–Crippen LogP) is -3.24. The summed E-state index contributed by atoms with van der Waals surface area (Å²) in [5, 5.41) is 48.2. The summed E-state index contributed by atoms with van der Waals surface area (Å²) in [7, 11) is 0. The van der Waals surface area contributed by atoms with Gasteiger partial charge in [0.15, 0.2) is 0 Å². The SMILES string of the molecule is C[C@H](C=O)CC(=O)NC[C@H](O)[C@@H](O)[C@H](O)[C@H](O)CO. The van der Waals surface area contributed by atoms with Gasteiger partial charge in [-0.05, 0) is 0 Å². The predicted molar refractivity (Wildman–Crippen MR) is 64.0 cm³/mol. The van der Waals surface area contributed by atoms with Gasteiger partial charge in [0.1, 0.15) is 24.6 Å². The third-order valence-electron chi connectivity index (χ3n) is 2.57. The number of nitrogens with one attached hydrogen (secondary N) is 1. The van der Waals surface area contributed by atoms with Crippen molar-refractivity contribution in [3.63, 3.8) is 0 Å². The van der Waals surface area contributed by atoms with Crippen molar-refractivity contribution >= 4 is 12.2 Å². The van der Waals surface area contributed by atoms with Crippen LogP contribution in [0.1, 0.15) is 13.3 Å². The molecule has 0 fully saturated rings. The monoisotopic (exact) mass is 279 g/mol. The van der Waals surface area contributed by atoms with E-state index in [1.54, 1.807) is 6.92 Å². The molecule has 0 spiro atoms. The fourth-order valence-corrected chi connectivity index (χ4v) is 1.32. The zero-order valence-electron chi connectivity index (χ0n) is 10.6. The molecule has 0 aliphatic rings. The van der Waals surface area contributed by atoms with Crippen molar-refractivity contribution in [2.75, 3.05) is 13.2 Å². The van der Waals surface area contributed by atoms with E-state index in [0.717, 1.165) is 0 Å². The van der Waals surface area contributed by atoms with Crippen molar-refractivity contribution in [1.82, 2.24) is 5.32 Å². The molecule has 0 aromatic carbocycles. The lowest BCUT2D eigenvalue weighted by Gasteiger charge is -2.25. The summed E-state index contributed by atoms with van der Waals surface area (Å²) in [6.07, 6.45) is -5.97. The van der Waals surface area contributed by atoms with E-state index in [4.69, 9.17) is 10.2 Å². The van der Waals surface area contributed by atoms with Crippen LogP contribution in [0.25, 0.3) is 0 Å². The molecule has 8 heteroatoms. The lowest BCUT2D eigenvalue weighted by atomic mass is 10.0. The summed E-state index contributed by atoms with van der Waals surface area (Å²) < 4.78 is 0. The molecule has 0 aromatic heterocycles. The Morgan fingerprint density at radius 2 is 1.68 bits per heavy atom. The minimum Gasteiger partial charge on any atom is -0.394 e. The van der Waals surface area contributed by atoms with E-state index in [1.165, 1.54) is 0 Å². The molecular weight excluding hydrogens is 258 g/mol. The first-order valence-corrected chi connectivity index (χ1v) is 5.88. The second-order valence-corrected chi connectivity index (χ2v) is 4.42. The van der Waals surface area contributed by atoms with Crippen molar-refractivity contribution < 1.29 is 35.1 Å². The number of rotatable bonds is 9. The number of aldehydes is 1. The Kier molecular flexibility index (Phi) is 8.44. The third-order valence-corrected chi connectivity index (χ3v) is 2.57. The molecule has 0 saturated heterocycles. The zero-order valence-corrected chi connectivity index (χ0v) is 10.6. The molecule has 0 bridgehead atoms. The van der Waals surface area contributed by atoms with Crippen LogP contribution in [-0.2, 0) is 9.59 Å². The number of carbonyl (C=O) groups excluding carboxylic acids is 2. The van der Waals surface area contributed by atoms with E-state index in [1.807, 2.05) is 0 Å². The quantitative estimate of drug-likeness (QED) is 0.243. The Labute approximate surface area is 110 Å². The minimum atomic E-state index is -1.73. The number of amides is 1. The molecule has 0 aliphatic heterocycles. The van der Waals surface area contributed by atoms with Crippen LogP contribution in [-0.4, -0.2) is 75.3 Å². The minimum absolute atomic E-state index is 0.0475. The van der Waals surface area contributed by atoms with Crippen LogP contribution >= 0.6 is 0 Å². The lowest BCUT2D eigenvalue weighted by Crippen LogP contribution is -2.49. The molecule has 0 saturated carbocycles. The topological polar surface area (TPSA) is 147 Å². The van der Waals surface area contributed by atoms with Crippen LogP contribution < -0.4 is 5.32 Å². The first-order valence-electron chi connectivity index (χ1n) is 5.88. The van der Waals surface area contributed by atoms with Crippen LogP contribution in [0.4, 0.5) is 0 Å². The van der Waals surface area contributed by atoms with Gasteiger partial charge < -0.3 is 35.6 Å². The van der Waals surface area contributed by atoms with Gasteiger partial charge in [0.2, 0.25) is 5.91 Å². The second-order valence-electron chi connectivity index (χ2n) is 4.42. The third kappa shape index (κ3) is 6.60. The molecule has 0 aliphatic carbocycles. The van der Waals surface area contributed by atoms with E-state index in [9.17, 15) is 24.9 Å². The molecule has 8 nitrogen and oxygen atoms in total. The Morgan fingerprint density at radius 3 is 2.16 bits per heavy atom. The smallest absolute Gasteiger partial charge is 0.220 e. The molecule has 19 heavy (non-hydrogen) atoms. The highest BCUT2D eigenvalue weighted by atomic mass is 16.4. The van der Waals surface area contributed by atoms with Gasteiger partial charge in [0, 0.05) is 18.9 Å². The summed E-state index contributed by atoms with van der Waals surface area (Å²) >= 11 is 0. The maximum atomic E-state index is 11.3. The van der Waals surface area contributed by atoms with Gasteiger partial charge in [0.05, 0.1) is 12.7 Å². The van der Waals surface area contributed by atoms with E-state index in [-0.39, 0.29) is 13.0 Å². The summed E-state index contributed by atoms with van der Waals surface area (Å²) in [6, 6.07) is 0. The first kappa shape index (κ1) is 17.9. The van der Waals surface area contributed by atoms with Gasteiger partial charge in [-0.25, -0.2) is 0 Å². The molecule has 0 rings (SSSR count). The summed E-state index contributed by atoms with van der Waals surface area (Å²) in [6.45, 7) is 0.439. The standard InChI is InChI=1S/C11H21NO7/c1-6(4-13)2-9(17)12-3-7(15)10(18)11(19)8(16)5-14/h4,6-8,10-11,14-16,18-19H,2-3,5H2,1H3,(H,12,17)/t6-,7-,8+,10+,11+/m0/s1. The van der Waals surface area contributed by atoms with Crippen molar-refractivity contribution in [1.29, 1.82) is 0 Å². The van der Waals surface area contributed by atoms with Gasteiger partial charge in [-0.3, -0.25) is 4.79 Å². The van der Waals surface area contributed by atoms with Crippen LogP contribution in [0.3, 0.4) is 0 Å². The number of aliphatic hydroxyl groups is 5. The molecule has 0 unspecified atom stereocenters. The molecule has 0 heterocycles. The van der Waals surface area contributed by atoms with Crippen molar-refractivity contribution in [3.8, 4) is 0 Å². The van der Waals surface area contributed by atoms with Gasteiger partial charge in [-0.15, -0.1) is 0 Å². The van der Waals surface area contributed by atoms with Crippen molar-refractivity contribution in [2.24, 2.45) is 5.92 Å². The number of aliphatic hydroxyl groups excluding tert-OH is 5. The Balaban J connectivity index is 4.12. The Bertz CT molecular complexity index is 286. The van der Waals surface area contributed by atoms with Gasteiger partial charge in [-0.1, -0.05) is 6.92 Å². The summed E-state index contributed by atoms with van der Waals surface area (Å²) in [5.41, 5.74) is 0. The van der Waals surface area contributed by atoms with E-state index < -0.39 is 42.8 Å². The number of hydrogen-bond donors (Lipinski definition) is 6. The Morgan fingerprint density at radius 1 is 1.16 bits per heavy atom. The fraction of sp³-hybridized carbons (Fsp3) is 0.818. The molecule has 0 aromatic rings. The fourth-order valence-electron chi connectivity index (χ4n) is 1.32. The van der Waals surface area contributed by atoms with E-state index in [2.05, 4.69) is 5.32 Å². The largest absolute Gasteiger partial charge is 0.394 e. The molecule has 6 N–H and O–H groups in total.